The Balaban J connectivity index is 2.83. The van der Waals surface area contributed by atoms with Crippen molar-refractivity contribution in [3.8, 4) is 0 Å². The van der Waals surface area contributed by atoms with Crippen LogP contribution in [0.25, 0.3) is 0 Å². The lowest BCUT2D eigenvalue weighted by Crippen LogP contribution is -2.03. The number of alkyl halides is 3. The standard InChI is InChI=1S/C5H6F3N3S/c1-3-9-10-4(11(3)2)12-5(6,7)8/h1-2H3. The predicted molar refractivity (Wildman–Crippen MR) is 37.7 cm³/mol. The van der Waals surface area contributed by atoms with Crippen LogP contribution < -0.4 is 0 Å². The van der Waals surface area contributed by atoms with Gasteiger partial charge < -0.3 is 4.57 Å². The van der Waals surface area contributed by atoms with Crippen molar-refractivity contribution in [3.05, 3.63) is 5.82 Å². The van der Waals surface area contributed by atoms with Crippen molar-refractivity contribution in [2.75, 3.05) is 0 Å². The van der Waals surface area contributed by atoms with E-state index in [1.807, 2.05) is 0 Å². The van der Waals surface area contributed by atoms with Crippen molar-refractivity contribution in [2.24, 2.45) is 7.05 Å². The number of thioether (sulfide) groups is 1. The van der Waals surface area contributed by atoms with Gasteiger partial charge in [0.25, 0.3) is 0 Å². The molecule has 0 spiro atoms. The van der Waals surface area contributed by atoms with Crippen LogP contribution in [0.5, 0.6) is 0 Å². The lowest BCUT2D eigenvalue weighted by atomic mass is 10.7. The Morgan fingerprint density at radius 2 is 1.92 bits per heavy atom. The van der Waals surface area contributed by atoms with Crippen molar-refractivity contribution in [1.82, 2.24) is 14.8 Å². The fraction of sp³-hybridized carbons (Fsp3) is 0.600. The largest absolute Gasteiger partial charge is 0.449 e. The maximum Gasteiger partial charge on any atom is 0.449 e. The smallest absolute Gasteiger partial charge is 0.309 e. The first-order valence-electron chi connectivity index (χ1n) is 3.02. The summed E-state index contributed by atoms with van der Waals surface area (Å²) in [6, 6.07) is 0. The maximum absolute atomic E-state index is 11.8. The van der Waals surface area contributed by atoms with Gasteiger partial charge in [0, 0.05) is 18.8 Å². The van der Waals surface area contributed by atoms with Crippen molar-refractivity contribution < 1.29 is 13.2 Å². The monoisotopic (exact) mass is 197 g/mol. The van der Waals surface area contributed by atoms with E-state index in [-0.39, 0.29) is 16.9 Å². The fourth-order valence-corrected chi connectivity index (χ4v) is 1.14. The zero-order chi connectivity index (χ0) is 9.35. The average Bonchev–Trinajstić information content (AvgIpc) is 2.16. The van der Waals surface area contributed by atoms with Crippen molar-refractivity contribution in [1.29, 1.82) is 0 Å². The summed E-state index contributed by atoms with van der Waals surface area (Å²) < 4.78 is 36.7. The molecule has 0 aliphatic carbocycles. The first-order valence-corrected chi connectivity index (χ1v) is 3.83. The minimum absolute atomic E-state index is 0.139. The second kappa shape index (κ2) is 2.96. The van der Waals surface area contributed by atoms with Crippen molar-refractivity contribution >= 4 is 11.8 Å². The Labute approximate surface area is 71.0 Å². The van der Waals surface area contributed by atoms with Gasteiger partial charge in [0.1, 0.15) is 5.82 Å². The number of halogens is 3. The van der Waals surface area contributed by atoms with E-state index < -0.39 is 5.51 Å². The van der Waals surface area contributed by atoms with Crippen LogP contribution in [0.2, 0.25) is 0 Å². The Kier molecular flexibility index (Phi) is 2.31. The SMILES string of the molecule is Cc1nnc(SC(F)(F)F)n1C. The van der Waals surface area contributed by atoms with Crippen LogP contribution in [0.1, 0.15) is 5.82 Å². The molecule has 1 heterocycles. The molecule has 0 radical (unpaired) electrons. The Hall–Kier alpha value is -0.720. The molecule has 0 amide bonds. The lowest BCUT2D eigenvalue weighted by Gasteiger charge is -2.03. The molecule has 0 unspecified atom stereocenters. The molecule has 0 fully saturated rings. The van der Waals surface area contributed by atoms with Gasteiger partial charge in [-0.1, -0.05) is 0 Å². The summed E-state index contributed by atoms with van der Waals surface area (Å²) in [4.78, 5) is 0. The molecular formula is C5H6F3N3S. The summed E-state index contributed by atoms with van der Waals surface area (Å²) in [5.41, 5.74) is -4.30. The van der Waals surface area contributed by atoms with Gasteiger partial charge in [-0.25, -0.2) is 0 Å². The Morgan fingerprint density at radius 1 is 1.33 bits per heavy atom. The third kappa shape index (κ3) is 2.13. The molecule has 1 aromatic heterocycles. The molecule has 1 rings (SSSR count). The molecule has 0 saturated heterocycles. The zero-order valence-corrected chi connectivity index (χ0v) is 7.20. The van der Waals surface area contributed by atoms with Gasteiger partial charge in [0.05, 0.1) is 0 Å². The summed E-state index contributed by atoms with van der Waals surface area (Å²) in [5, 5.41) is 6.71. The third-order valence-electron chi connectivity index (χ3n) is 1.26. The summed E-state index contributed by atoms with van der Waals surface area (Å²) in [7, 11) is 1.49. The van der Waals surface area contributed by atoms with Crippen LogP contribution in [0.4, 0.5) is 13.2 Å². The van der Waals surface area contributed by atoms with Crippen molar-refractivity contribution in [3.63, 3.8) is 0 Å². The summed E-state index contributed by atoms with van der Waals surface area (Å²) in [6.07, 6.45) is 0. The van der Waals surface area contributed by atoms with E-state index >= 15 is 0 Å². The van der Waals surface area contributed by atoms with Crippen LogP contribution in [0, 0.1) is 6.92 Å². The number of rotatable bonds is 1. The molecule has 7 heteroatoms. The number of aryl methyl sites for hydroxylation is 1. The van der Waals surface area contributed by atoms with Gasteiger partial charge in [-0.3, -0.25) is 0 Å². The van der Waals surface area contributed by atoms with E-state index in [0.717, 1.165) is 0 Å². The highest BCUT2D eigenvalue weighted by molar-refractivity contribution is 8.00. The molecule has 0 atom stereocenters. The van der Waals surface area contributed by atoms with Gasteiger partial charge in [-0.15, -0.1) is 10.2 Å². The maximum atomic E-state index is 11.8. The topological polar surface area (TPSA) is 30.7 Å². The van der Waals surface area contributed by atoms with E-state index in [0.29, 0.717) is 5.82 Å². The molecule has 0 bridgehead atoms. The van der Waals surface area contributed by atoms with E-state index in [4.69, 9.17) is 0 Å². The first kappa shape index (κ1) is 9.37. The Bertz CT molecular complexity index is 280. The normalized spacial score (nSPS) is 12.1. The van der Waals surface area contributed by atoms with E-state index in [2.05, 4.69) is 10.2 Å². The average molecular weight is 197 g/mol. The number of hydrogen-bond acceptors (Lipinski definition) is 3. The van der Waals surface area contributed by atoms with Crippen LogP contribution in [0.15, 0.2) is 5.16 Å². The minimum Gasteiger partial charge on any atom is -0.309 e. The highest BCUT2D eigenvalue weighted by Crippen LogP contribution is 2.35. The van der Waals surface area contributed by atoms with Gasteiger partial charge in [-0.05, 0) is 6.92 Å². The fourth-order valence-electron chi connectivity index (χ4n) is 0.580. The molecule has 0 aliphatic heterocycles. The molecule has 0 N–H and O–H groups in total. The quantitative estimate of drug-likeness (QED) is 0.642. The van der Waals surface area contributed by atoms with E-state index in [1.54, 1.807) is 6.92 Å². The van der Waals surface area contributed by atoms with Crippen LogP contribution in [0.3, 0.4) is 0 Å². The van der Waals surface area contributed by atoms with Gasteiger partial charge in [0.15, 0.2) is 5.16 Å². The molecule has 0 aliphatic rings. The van der Waals surface area contributed by atoms with E-state index in [9.17, 15) is 13.2 Å². The van der Waals surface area contributed by atoms with Gasteiger partial charge in [-0.2, -0.15) is 13.2 Å². The molecule has 0 aromatic carbocycles. The predicted octanol–water partition coefficient (Wildman–Crippen LogP) is 1.74. The molecule has 3 nitrogen and oxygen atoms in total. The molecule has 68 valence electrons. The number of hydrogen-bond donors (Lipinski definition) is 0. The van der Waals surface area contributed by atoms with Gasteiger partial charge in [0.2, 0.25) is 0 Å². The number of nitrogens with zero attached hydrogens (tertiary/aromatic N) is 3. The van der Waals surface area contributed by atoms with E-state index in [1.165, 1.54) is 11.6 Å². The van der Waals surface area contributed by atoms with Crippen LogP contribution in [-0.4, -0.2) is 20.3 Å². The van der Waals surface area contributed by atoms with Crippen LogP contribution in [-0.2, 0) is 7.05 Å². The highest BCUT2D eigenvalue weighted by atomic mass is 32.2. The lowest BCUT2D eigenvalue weighted by molar-refractivity contribution is -0.0332. The van der Waals surface area contributed by atoms with Crippen molar-refractivity contribution in [2.45, 2.75) is 17.6 Å². The highest BCUT2D eigenvalue weighted by Gasteiger charge is 2.32. The minimum atomic E-state index is -4.30. The summed E-state index contributed by atoms with van der Waals surface area (Å²) in [6.45, 7) is 1.59. The number of aromatic nitrogens is 3. The molecular weight excluding hydrogens is 191 g/mol. The Morgan fingerprint density at radius 3 is 2.25 bits per heavy atom. The molecule has 12 heavy (non-hydrogen) atoms. The summed E-state index contributed by atoms with van der Waals surface area (Å²) in [5.74, 6) is 0.460. The second-order valence-corrected chi connectivity index (χ2v) is 3.17. The molecule has 1 aromatic rings. The summed E-state index contributed by atoms with van der Waals surface area (Å²) >= 11 is -0.262. The van der Waals surface area contributed by atoms with Gasteiger partial charge >= 0.3 is 5.51 Å². The zero-order valence-electron chi connectivity index (χ0n) is 6.38. The molecule has 0 saturated carbocycles. The van der Waals surface area contributed by atoms with Crippen LogP contribution >= 0.6 is 11.8 Å². The second-order valence-electron chi connectivity index (χ2n) is 2.14. The third-order valence-corrected chi connectivity index (χ3v) is 2.03. The first-order chi connectivity index (χ1) is 5.40.